The second-order valence-electron chi connectivity index (χ2n) is 7.38. The number of methoxy groups -OCH3 is 1. The molecule has 150 valence electrons. The first-order valence-electron chi connectivity index (χ1n) is 9.53. The second kappa shape index (κ2) is 9.40. The first-order valence-corrected chi connectivity index (χ1v) is 9.53. The van der Waals surface area contributed by atoms with Gasteiger partial charge >= 0.3 is 5.97 Å². The van der Waals surface area contributed by atoms with Crippen LogP contribution in [0.2, 0.25) is 0 Å². The number of anilines is 1. The highest BCUT2D eigenvalue weighted by atomic mass is 16.6. The van der Waals surface area contributed by atoms with E-state index < -0.39 is 12.1 Å². The lowest BCUT2D eigenvalue weighted by molar-refractivity contribution is -0.147. The standard InChI is InChI=1S/C23H29NO4/c1-14(2)19-8-7-9-20(15(3)4)21(19)24-22(25)17-10-12-18(13-11-17)28-16(5)23(26)27-6/h7-16H,1-6H3,(H,24,25)/t16-/m0/s1. The summed E-state index contributed by atoms with van der Waals surface area (Å²) in [5.41, 5.74) is 3.64. The molecular weight excluding hydrogens is 354 g/mol. The maximum absolute atomic E-state index is 12.8. The highest BCUT2D eigenvalue weighted by Crippen LogP contribution is 2.32. The third kappa shape index (κ3) is 5.12. The van der Waals surface area contributed by atoms with Crippen LogP contribution in [-0.4, -0.2) is 25.1 Å². The van der Waals surface area contributed by atoms with Gasteiger partial charge in [0.1, 0.15) is 5.75 Å². The smallest absolute Gasteiger partial charge is 0.346 e. The minimum atomic E-state index is -0.712. The Hall–Kier alpha value is -2.82. The normalized spacial score (nSPS) is 12.0. The molecular formula is C23H29NO4. The van der Waals surface area contributed by atoms with Gasteiger partial charge in [-0.2, -0.15) is 0 Å². The van der Waals surface area contributed by atoms with Crippen LogP contribution in [0.15, 0.2) is 42.5 Å². The molecule has 5 heteroatoms. The van der Waals surface area contributed by atoms with Crippen LogP contribution in [0.5, 0.6) is 5.75 Å². The zero-order chi connectivity index (χ0) is 20.8. The summed E-state index contributed by atoms with van der Waals surface area (Å²) in [6, 6.07) is 12.9. The van der Waals surface area contributed by atoms with E-state index in [1.165, 1.54) is 7.11 Å². The van der Waals surface area contributed by atoms with E-state index in [0.29, 0.717) is 23.1 Å². The molecule has 0 aliphatic carbocycles. The molecule has 0 aliphatic rings. The topological polar surface area (TPSA) is 64.6 Å². The van der Waals surface area contributed by atoms with Crippen LogP contribution in [0, 0.1) is 0 Å². The molecule has 0 aliphatic heterocycles. The van der Waals surface area contributed by atoms with Gasteiger partial charge in [-0.05, 0) is 54.2 Å². The van der Waals surface area contributed by atoms with E-state index in [2.05, 4.69) is 49.9 Å². The van der Waals surface area contributed by atoms with Crippen molar-refractivity contribution < 1.29 is 19.1 Å². The molecule has 1 N–H and O–H groups in total. The molecule has 2 aromatic carbocycles. The first kappa shape index (κ1) is 21.5. The quantitative estimate of drug-likeness (QED) is 0.674. The summed E-state index contributed by atoms with van der Waals surface area (Å²) in [5, 5.41) is 3.09. The number of hydrogen-bond acceptors (Lipinski definition) is 4. The molecule has 2 aromatic rings. The van der Waals surface area contributed by atoms with Gasteiger partial charge in [-0.25, -0.2) is 4.79 Å². The molecule has 0 saturated carbocycles. The van der Waals surface area contributed by atoms with Gasteiger partial charge in [0.15, 0.2) is 6.10 Å². The number of carbonyl (C=O) groups is 2. The fraction of sp³-hybridized carbons (Fsp3) is 0.391. The Balaban J connectivity index is 2.21. The number of ether oxygens (including phenoxy) is 2. The van der Waals surface area contributed by atoms with Crippen LogP contribution in [0.3, 0.4) is 0 Å². The average molecular weight is 383 g/mol. The van der Waals surface area contributed by atoms with Crippen LogP contribution in [0.4, 0.5) is 5.69 Å². The summed E-state index contributed by atoms with van der Waals surface area (Å²) in [5.74, 6) is 0.463. The van der Waals surface area contributed by atoms with Gasteiger partial charge in [-0.1, -0.05) is 45.9 Å². The largest absolute Gasteiger partial charge is 0.479 e. The van der Waals surface area contributed by atoms with E-state index >= 15 is 0 Å². The lowest BCUT2D eigenvalue weighted by Crippen LogP contribution is -2.24. The van der Waals surface area contributed by atoms with Gasteiger partial charge in [0, 0.05) is 11.3 Å². The van der Waals surface area contributed by atoms with Gasteiger partial charge in [-0.15, -0.1) is 0 Å². The van der Waals surface area contributed by atoms with E-state index in [9.17, 15) is 9.59 Å². The maximum atomic E-state index is 12.8. The van der Waals surface area contributed by atoms with Crippen LogP contribution in [-0.2, 0) is 9.53 Å². The summed E-state index contributed by atoms with van der Waals surface area (Å²) in [6.07, 6.45) is -0.712. The Morgan fingerprint density at radius 2 is 1.39 bits per heavy atom. The molecule has 1 atom stereocenters. The van der Waals surface area contributed by atoms with Gasteiger partial charge < -0.3 is 14.8 Å². The van der Waals surface area contributed by atoms with Crippen molar-refractivity contribution in [1.29, 1.82) is 0 Å². The third-order valence-electron chi connectivity index (χ3n) is 4.57. The molecule has 0 unspecified atom stereocenters. The third-order valence-corrected chi connectivity index (χ3v) is 4.57. The lowest BCUT2D eigenvalue weighted by Gasteiger charge is -2.20. The summed E-state index contributed by atoms with van der Waals surface area (Å²) in [4.78, 5) is 24.3. The minimum absolute atomic E-state index is 0.178. The van der Waals surface area contributed by atoms with Crippen molar-refractivity contribution in [2.45, 2.75) is 52.6 Å². The number of esters is 1. The van der Waals surface area contributed by atoms with Crippen molar-refractivity contribution >= 4 is 17.6 Å². The number of benzene rings is 2. The first-order chi connectivity index (χ1) is 13.2. The molecule has 0 radical (unpaired) electrons. The summed E-state index contributed by atoms with van der Waals surface area (Å²) in [7, 11) is 1.32. The summed E-state index contributed by atoms with van der Waals surface area (Å²) >= 11 is 0. The summed E-state index contributed by atoms with van der Waals surface area (Å²) < 4.78 is 10.2. The predicted octanol–water partition coefficient (Wildman–Crippen LogP) is 5.13. The predicted molar refractivity (Wildman–Crippen MR) is 111 cm³/mol. The number of amides is 1. The van der Waals surface area contributed by atoms with Gasteiger partial charge in [0.25, 0.3) is 5.91 Å². The zero-order valence-corrected chi connectivity index (χ0v) is 17.4. The number of para-hydroxylation sites is 1. The lowest BCUT2D eigenvalue weighted by atomic mass is 9.92. The van der Waals surface area contributed by atoms with Crippen LogP contribution < -0.4 is 10.1 Å². The Morgan fingerprint density at radius 3 is 1.86 bits per heavy atom. The average Bonchev–Trinajstić information content (AvgIpc) is 2.67. The highest BCUT2D eigenvalue weighted by Gasteiger charge is 2.18. The van der Waals surface area contributed by atoms with Crippen LogP contribution in [0.25, 0.3) is 0 Å². The number of nitrogens with one attached hydrogen (secondary N) is 1. The van der Waals surface area contributed by atoms with Gasteiger partial charge in [0.2, 0.25) is 0 Å². The Labute approximate surface area is 167 Å². The van der Waals surface area contributed by atoms with Crippen molar-refractivity contribution in [3.05, 3.63) is 59.2 Å². The Bertz CT molecular complexity index is 799. The zero-order valence-electron chi connectivity index (χ0n) is 17.4. The molecule has 28 heavy (non-hydrogen) atoms. The van der Waals surface area contributed by atoms with Gasteiger partial charge in [0.05, 0.1) is 7.11 Å². The molecule has 5 nitrogen and oxygen atoms in total. The molecule has 0 fully saturated rings. The minimum Gasteiger partial charge on any atom is -0.479 e. The van der Waals surface area contributed by atoms with Crippen molar-refractivity contribution in [3.8, 4) is 5.75 Å². The number of carbonyl (C=O) groups excluding carboxylic acids is 2. The molecule has 0 saturated heterocycles. The summed E-state index contributed by atoms with van der Waals surface area (Å²) in [6.45, 7) is 10.1. The van der Waals surface area contributed by atoms with E-state index in [-0.39, 0.29) is 5.91 Å². The number of rotatable bonds is 7. The van der Waals surface area contributed by atoms with E-state index in [4.69, 9.17) is 4.74 Å². The molecule has 2 rings (SSSR count). The van der Waals surface area contributed by atoms with Crippen molar-refractivity contribution in [2.24, 2.45) is 0 Å². The monoisotopic (exact) mass is 383 g/mol. The van der Waals surface area contributed by atoms with Crippen molar-refractivity contribution in [1.82, 2.24) is 0 Å². The fourth-order valence-electron chi connectivity index (χ4n) is 2.98. The van der Waals surface area contributed by atoms with E-state index in [0.717, 1.165) is 16.8 Å². The molecule has 0 heterocycles. The molecule has 0 bridgehead atoms. The number of hydrogen-bond donors (Lipinski definition) is 1. The van der Waals surface area contributed by atoms with E-state index in [1.807, 2.05) is 6.07 Å². The van der Waals surface area contributed by atoms with Gasteiger partial charge in [-0.3, -0.25) is 4.79 Å². The Morgan fingerprint density at radius 1 is 0.857 bits per heavy atom. The van der Waals surface area contributed by atoms with Crippen molar-refractivity contribution in [2.75, 3.05) is 12.4 Å². The van der Waals surface area contributed by atoms with E-state index in [1.54, 1.807) is 31.2 Å². The molecule has 0 aromatic heterocycles. The highest BCUT2D eigenvalue weighted by molar-refractivity contribution is 6.05. The fourth-order valence-corrected chi connectivity index (χ4v) is 2.98. The van der Waals surface area contributed by atoms with Crippen molar-refractivity contribution in [3.63, 3.8) is 0 Å². The SMILES string of the molecule is COC(=O)[C@H](C)Oc1ccc(C(=O)Nc2c(C(C)C)cccc2C(C)C)cc1. The second-order valence-corrected chi connectivity index (χ2v) is 7.38. The Kier molecular flexibility index (Phi) is 7.21. The van der Waals surface area contributed by atoms with Crippen LogP contribution in [0.1, 0.15) is 67.9 Å². The maximum Gasteiger partial charge on any atom is 0.346 e. The van der Waals surface area contributed by atoms with Crippen LogP contribution >= 0.6 is 0 Å². The molecule has 1 amide bonds. The molecule has 0 spiro atoms.